The number of fused-ring (bicyclic) bond motifs is 2. The van der Waals surface area contributed by atoms with E-state index in [2.05, 4.69) is 17.1 Å². The highest BCUT2D eigenvalue weighted by atomic mass is 16.2. The topological polar surface area (TPSA) is 82.1 Å². The molecule has 1 aromatic carbocycles. The Hall–Kier alpha value is -3.16. The SMILES string of the molecule is CCCN(C(=O)Cn1c(=O)c2c(ncn2C)n(C)c1=O)C1CCc2ccccc2C1. The van der Waals surface area contributed by atoms with Crippen molar-refractivity contribution in [2.75, 3.05) is 6.54 Å². The summed E-state index contributed by atoms with van der Waals surface area (Å²) in [4.78, 5) is 45.0. The highest BCUT2D eigenvalue weighted by Gasteiger charge is 2.28. The van der Waals surface area contributed by atoms with Gasteiger partial charge in [-0.2, -0.15) is 0 Å². The van der Waals surface area contributed by atoms with Gasteiger partial charge >= 0.3 is 5.69 Å². The highest BCUT2D eigenvalue weighted by molar-refractivity contribution is 5.77. The molecule has 1 unspecified atom stereocenters. The Bertz CT molecular complexity index is 1220. The number of amides is 1. The van der Waals surface area contributed by atoms with Gasteiger partial charge in [-0.15, -0.1) is 0 Å². The first-order valence-corrected chi connectivity index (χ1v) is 10.4. The predicted octanol–water partition coefficient (Wildman–Crippen LogP) is 1.23. The van der Waals surface area contributed by atoms with E-state index < -0.39 is 11.2 Å². The lowest BCUT2D eigenvalue weighted by molar-refractivity contribution is -0.134. The van der Waals surface area contributed by atoms with Crippen LogP contribution in [0.1, 0.15) is 30.9 Å². The fourth-order valence-electron chi connectivity index (χ4n) is 4.46. The van der Waals surface area contributed by atoms with Gasteiger partial charge in [0.2, 0.25) is 5.91 Å². The van der Waals surface area contributed by atoms with Crippen LogP contribution >= 0.6 is 0 Å². The molecule has 0 aliphatic heterocycles. The lowest BCUT2D eigenvalue weighted by Gasteiger charge is -2.35. The van der Waals surface area contributed by atoms with Crippen LogP contribution < -0.4 is 11.2 Å². The number of hydrogen-bond donors (Lipinski definition) is 0. The zero-order valence-corrected chi connectivity index (χ0v) is 17.7. The summed E-state index contributed by atoms with van der Waals surface area (Å²) in [7, 11) is 3.27. The van der Waals surface area contributed by atoms with Gasteiger partial charge in [0, 0.05) is 26.7 Å². The predicted molar refractivity (Wildman–Crippen MR) is 114 cm³/mol. The quantitative estimate of drug-likeness (QED) is 0.635. The van der Waals surface area contributed by atoms with Crippen LogP contribution in [0.5, 0.6) is 0 Å². The van der Waals surface area contributed by atoms with Gasteiger partial charge in [0.05, 0.1) is 6.33 Å². The number of rotatable bonds is 5. The molecule has 0 spiro atoms. The average molecular weight is 409 g/mol. The van der Waals surface area contributed by atoms with E-state index in [0.717, 1.165) is 30.3 Å². The third kappa shape index (κ3) is 3.36. The Kier molecular flexibility index (Phi) is 5.32. The molecule has 0 saturated heterocycles. The number of hydrogen-bond acceptors (Lipinski definition) is 4. The molecule has 0 saturated carbocycles. The van der Waals surface area contributed by atoms with Crippen LogP contribution in [-0.4, -0.2) is 42.1 Å². The highest BCUT2D eigenvalue weighted by Crippen LogP contribution is 2.25. The molecule has 30 heavy (non-hydrogen) atoms. The smallest absolute Gasteiger partial charge is 0.332 e. The van der Waals surface area contributed by atoms with Crippen LogP contribution in [0.3, 0.4) is 0 Å². The molecule has 0 fully saturated rings. The number of nitrogens with zero attached hydrogens (tertiary/aromatic N) is 5. The summed E-state index contributed by atoms with van der Waals surface area (Å²) in [5, 5.41) is 0. The number of aryl methyl sites for hydroxylation is 3. The van der Waals surface area contributed by atoms with E-state index in [-0.39, 0.29) is 18.5 Å². The standard InChI is InChI=1S/C22H27N5O3/c1-4-11-26(17-10-9-15-7-5-6-8-16(15)12-17)18(28)13-27-21(29)19-20(23-14-24(19)2)25(3)22(27)30/h5-8,14,17H,4,9-13H2,1-3H3. The molecule has 1 amide bonds. The van der Waals surface area contributed by atoms with E-state index in [1.54, 1.807) is 18.7 Å². The van der Waals surface area contributed by atoms with Crippen molar-refractivity contribution in [3.63, 3.8) is 0 Å². The number of carbonyl (C=O) groups is 1. The van der Waals surface area contributed by atoms with Crippen LogP contribution in [0.4, 0.5) is 0 Å². The van der Waals surface area contributed by atoms with Gasteiger partial charge in [-0.05, 0) is 36.8 Å². The van der Waals surface area contributed by atoms with Crippen molar-refractivity contribution >= 4 is 17.1 Å². The van der Waals surface area contributed by atoms with Gasteiger partial charge in [0.15, 0.2) is 11.2 Å². The number of aromatic nitrogens is 4. The number of imidazole rings is 1. The fraction of sp³-hybridized carbons (Fsp3) is 0.455. The van der Waals surface area contributed by atoms with Crippen molar-refractivity contribution in [2.45, 2.75) is 45.2 Å². The van der Waals surface area contributed by atoms with Gasteiger partial charge in [-0.3, -0.25) is 14.2 Å². The second-order valence-corrected chi connectivity index (χ2v) is 8.01. The van der Waals surface area contributed by atoms with Gasteiger partial charge in [0.25, 0.3) is 5.56 Å². The Labute approximate surface area is 174 Å². The summed E-state index contributed by atoms with van der Waals surface area (Å²) in [5.41, 5.74) is 2.25. The van der Waals surface area contributed by atoms with E-state index in [4.69, 9.17) is 0 Å². The van der Waals surface area contributed by atoms with E-state index in [1.165, 1.54) is 22.0 Å². The van der Waals surface area contributed by atoms with Crippen molar-refractivity contribution in [2.24, 2.45) is 14.1 Å². The van der Waals surface area contributed by atoms with E-state index in [9.17, 15) is 14.4 Å². The average Bonchev–Trinajstić information content (AvgIpc) is 3.14. The summed E-state index contributed by atoms with van der Waals surface area (Å²) >= 11 is 0. The molecule has 2 aromatic heterocycles. The van der Waals surface area contributed by atoms with Crippen LogP contribution in [0.25, 0.3) is 11.2 Å². The van der Waals surface area contributed by atoms with Crippen LogP contribution in [0.15, 0.2) is 40.2 Å². The molecule has 3 aromatic rings. The molecule has 8 heteroatoms. The first kappa shape index (κ1) is 20.1. The number of benzene rings is 1. The molecule has 1 atom stereocenters. The zero-order valence-electron chi connectivity index (χ0n) is 17.7. The Morgan fingerprint density at radius 2 is 1.93 bits per heavy atom. The maximum absolute atomic E-state index is 13.3. The van der Waals surface area contributed by atoms with Crippen molar-refractivity contribution < 1.29 is 4.79 Å². The third-order valence-electron chi connectivity index (χ3n) is 6.04. The molecular weight excluding hydrogens is 382 g/mol. The molecule has 1 aliphatic carbocycles. The van der Waals surface area contributed by atoms with Crippen molar-refractivity contribution in [3.8, 4) is 0 Å². The van der Waals surface area contributed by atoms with Gasteiger partial charge in [-0.1, -0.05) is 31.2 Å². The first-order valence-electron chi connectivity index (χ1n) is 10.4. The lowest BCUT2D eigenvalue weighted by Crippen LogP contribution is -2.49. The normalized spacial score (nSPS) is 15.9. The molecule has 0 radical (unpaired) electrons. The Morgan fingerprint density at radius 3 is 2.67 bits per heavy atom. The maximum Gasteiger partial charge on any atom is 0.332 e. The van der Waals surface area contributed by atoms with Crippen molar-refractivity contribution in [1.82, 2.24) is 23.6 Å². The van der Waals surface area contributed by atoms with Crippen molar-refractivity contribution in [3.05, 3.63) is 62.6 Å². The summed E-state index contributed by atoms with van der Waals surface area (Å²) in [6.07, 6.45) is 4.93. The summed E-state index contributed by atoms with van der Waals surface area (Å²) in [6.45, 7) is 2.38. The second-order valence-electron chi connectivity index (χ2n) is 8.01. The van der Waals surface area contributed by atoms with Gasteiger partial charge in [-0.25, -0.2) is 14.3 Å². The van der Waals surface area contributed by atoms with Crippen LogP contribution in [0.2, 0.25) is 0 Å². The van der Waals surface area contributed by atoms with E-state index in [0.29, 0.717) is 17.7 Å². The molecule has 158 valence electrons. The molecular formula is C22H27N5O3. The van der Waals surface area contributed by atoms with Crippen LogP contribution in [0, 0.1) is 0 Å². The minimum absolute atomic E-state index is 0.0762. The fourth-order valence-corrected chi connectivity index (χ4v) is 4.46. The summed E-state index contributed by atoms with van der Waals surface area (Å²) in [5.74, 6) is -0.193. The monoisotopic (exact) mass is 409 g/mol. The maximum atomic E-state index is 13.3. The van der Waals surface area contributed by atoms with Crippen LogP contribution in [-0.2, 0) is 38.3 Å². The summed E-state index contributed by atoms with van der Waals surface area (Å²) in [6, 6.07) is 8.41. The Balaban J connectivity index is 1.66. The minimum Gasteiger partial charge on any atom is -0.338 e. The largest absolute Gasteiger partial charge is 0.338 e. The molecule has 0 N–H and O–H groups in total. The molecule has 0 bridgehead atoms. The lowest BCUT2D eigenvalue weighted by atomic mass is 9.87. The summed E-state index contributed by atoms with van der Waals surface area (Å²) < 4.78 is 3.94. The van der Waals surface area contributed by atoms with Gasteiger partial charge in [0.1, 0.15) is 6.54 Å². The second kappa shape index (κ2) is 7.93. The third-order valence-corrected chi connectivity index (χ3v) is 6.04. The molecule has 8 nitrogen and oxygen atoms in total. The molecule has 2 heterocycles. The van der Waals surface area contributed by atoms with E-state index in [1.807, 2.05) is 24.0 Å². The molecule has 4 rings (SSSR count). The zero-order chi connectivity index (χ0) is 21.4. The van der Waals surface area contributed by atoms with Crippen molar-refractivity contribution in [1.29, 1.82) is 0 Å². The Morgan fingerprint density at radius 1 is 1.20 bits per heavy atom. The molecule has 1 aliphatic rings. The minimum atomic E-state index is -0.523. The number of carbonyl (C=O) groups excluding carboxylic acids is 1. The first-order chi connectivity index (χ1) is 14.4. The van der Waals surface area contributed by atoms with Gasteiger partial charge < -0.3 is 9.47 Å². The van der Waals surface area contributed by atoms with E-state index >= 15 is 0 Å².